The highest BCUT2D eigenvalue weighted by Crippen LogP contribution is 2.40. The maximum atomic E-state index is 15.2. The van der Waals surface area contributed by atoms with E-state index in [0.717, 1.165) is 0 Å². The molecule has 0 aliphatic carbocycles. The first-order valence-corrected chi connectivity index (χ1v) is 9.43. The van der Waals surface area contributed by atoms with Crippen molar-refractivity contribution >= 4 is 53.2 Å². The van der Waals surface area contributed by atoms with Crippen molar-refractivity contribution in [2.75, 3.05) is 11.9 Å². The molecule has 0 fully saturated rings. The Morgan fingerprint density at radius 1 is 1.53 bits per heavy atom. The molecule has 158 valence electrons. The molecule has 3 rings (SSSR count). The van der Waals surface area contributed by atoms with Crippen LogP contribution in [0.2, 0.25) is 5.02 Å². The summed E-state index contributed by atoms with van der Waals surface area (Å²) in [5.41, 5.74) is 1.28. The van der Waals surface area contributed by atoms with E-state index in [9.17, 15) is 9.90 Å². The number of nitrogens with one attached hydrogen (secondary N) is 3. The number of H-pyrrole nitrogens is 1. The number of amides is 1. The van der Waals surface area contributed by atoms with Gasteiger partial charge < -0.3 is 20.6 Å². The third-order valence-corrected chi connectivity index (χ3v) is 4.97. The van der Waals surface area contributed by atoms with Gasteiger partial charge in [0.05, 0.1) is 40.8 Å². The molecular formula is C19H21ClFN7O2. The largest absolute Gasteiger partial charge is 0.391 e. The Morgan fingerprint density at radius 2 is 2.30 bits per heavy atom. The number of carbonyl (C=O) groups is 1. The lowest BCUT2D eigenvalue weighted by molar-refractivity contribution is -0.108. The monoisotopic (exact) mass is 433 g/mol. The molecule has 1 aliphatic heterocycles. The van der Waals surface area contributed by atoms with Crippen molar-refractivity contribution < 1.29 is 14.3 Å². The highest BCUT2D eigenvalue weighted by atomic mass is 35.5. The zero-order chi connectivity index (χ0) is 21.8. The minimum absolute atomic E-state index is 0.120. The summed E-state index contributed by atoms with van der Waals surface area (Å²) in [6.07, 6.45) is 6.14. The van der Waals surface area contributed by atoms with Gasteiger partial charge in [-0.05, 0) is 20.6 Å². The third-order valence-electron chi connectivity index (χ3n) is 4.62. The maximum Gasteiger partial charge on any atom is 0.212 e. The molecule has 2 atom stereocenters. The lowest BCUT2D eigenvalue weighted by Gasteiger charge is -2.22. The van der Waals surface area contributed by atoms with E-state index in [2.05, 4.69) is 37.5 Å². The number of anilines is 1. The van der Waals surface area contributed by atoms with Crippen LogP contribution in [0.1, 0.15) is 19.4 Å². The number of hydrogen-bond acceptors (Lipinski definition) is 7. The molecule has 0 bridgehead atoms. The summed E-state index contributed by atoms with van der Waals surface area (Å²) in [7, 11) is 0. The smallest absolute Gasteiger partial charge is 0.212 e. The first kappa shape index (κ1) is 21.5. The lowest BCUT2D eigenvalue weighted by Crippen LogP contribution is -2.28. The summed E-state index contributed by atoms with van der Waals surface area (Å²) < 4.78 is 15.2. The van der Waals surface area contributed by atoms with E-state index >= 15 is 4.39 Å². The molecule has 1 aliphatic rings. The van der Waals surface area contributed by atoms with Gasteiger partial charge >= 0.3 is 0 Å². The number of aromatic amines is 1. The van der Waals surface area contributed by atoms with Crippen LogP contribution in [0, 0.1) is 5.82 Å². The molecule has 0 spiro atoms. The van der Waals surface area contributed by atoms with E-state index in [1.165, 1.54) is 6.20 Å². The van der Waals surface area contributed by atoms with Crippen molar-refractivity contribution in [1.29, 1.82) is 0 Å². The molecule has 0 radical (unpaired) electrons. The number of carbonyl (C=O) groups excluding carboxylic acids is 1. The van der Waals surface area contributed by atoms with Crippen LogP contribution in [-0.2, 0) is 4.79 Å². The number of benzene rings is 1. The molecule has 9 nitrogen and oxygen atoms in total. The van der Waals surface area contributed by atoms with E-state index in [1.807, 2.05) is 0 Å². The Kier molecular flexibility index (Phi) is 6.48. The number of rotatable bonds is 8. The van der Waals surface area contributed by atoms with Gasteiger partial charge in [-0.25, -0.2) is 9.38 Å². The summed E-state index contributed by atoms with van der Waals surface area (Å²) in [5, 5.41) is 22.4. The fourth-order valence-corrected chi connectivity index (χ4v) is 3.18. The Labute approximate surface area is 177 Å². The van der Waals surface area contributed by atoms with Crippen molar-refractivity contribution in [3.8, 4) is 0 Å². The topological polar surface area (TPSA) is 118 Å². The number of aliphatic hydroxyl groups is 1. The molecule has 1 aromatic carbocycles. The van der Waals surface area contributed by atoms with Gasteiger partial charge in [-0.1, -0.05) is 11.6 Å². The first-order valence-electron chi connectivity index (χ1n) is 9.05. The molecule has 1 aromatic heterocycles. The van der Waals surface area contributed by atoms with Gasteiger partial charge in [0.15, 0.2) is 5.82 Å². The Morgan fingerprint density at radius 3 is 2.97 bits per heavy atom. The number of aliphatic hydroxyl groups excluding tert-OH is 1. The average Bonchev–Trinajstić information content (AvgIpc) is 3.20. The van der Waals surface area contributed by atoms with E-state index in [1.54, 1.807) is 37.4 Å². The van der Waals surface area contributed by atoms with Crippen LogP contribution in [0.15, 0.2) is 34.4 Å². The normalized spacial score (nSPS) is 16.2. The number of aliphatic imine (C=N–C) groups is 2. The molecule has 2 unspecified atom stereocenters. The van der Waals surface area contributed by atoms with Gasteiger partial charge in [0, 0.05) is 35.6 Å². The highest BCUT2D eigenvalue weighted by Gasteiger charge is 2.25. The van der Waals surface area contributed by atoms with Gasteiger partial charge in [-0.2, -0.15) is 5.10 Å². The highest BCUT2D eigenvalue weighted by molar-refractivity contribution is 6.34. The summed E-state index contributed by atoms with van der Waals surface area (Å²) in [5.74, 6) is -0.441. The minimum atomic E-state index is -0.709. The standard InChI is InChI=1S/C19H21ClFN7O2/c1-10(11(2)30)26-19-17(21)16(20)15(12-6-25-27-18(12)19)13-7-28(5-4-23-13)8-14(22-3)24-9-29/h4,6-11,26,30H,3,5H2,1-2H3,(H,24,29)(H,25,27)/b14-8+. The number of aromatic nitrogens is 2. The summed E-state index contributed by atoms with van der Waals surface area (Å²) in [4.78, 5) is 20.4. The van der Waals surface area contributed by atoms with Crippen LogP contribution in [0.5, 0.6) is 0 Å². The number of hydrogen-bond donors (Lipinski definition) is 4. The second-order valence-corrected chi connectivity index (χ2v) is 7.05. The molecule has 2 heterocycles. The second-order valence-electron chi connectivity index (χ2n) is 6.67. The van der Waals surface area contributed by atoms with E-state index < -0.39 is 18.0 Å². The number of halogens is 2. The second kappa shape index (κ2) is 9.06. The van der Waals surface area contributed by atoms with Crippen molar-refractivity contribution in [3.05, 3.63) is 40.8 Å². The van der Waals surface area contributed by atoms with Gasteiger partial charge in [-0.15, -0.1) is 0 Å². The molecule has 1 amide bonds. The summed E-state index contributed by atoms with van der Waals surface area (Å²) in [6.45, 7) is 7.13. The van der Waals surface area contributed by atoms with Crippen LogP contribution in [0.4, 0.5) is 10.1 Å². The summed E-state index contributed by atoms with van der Waals surface area (Å²) >= 11 is 6.41. The van der Waals surface area contributed by atoms with Gasteiger partial charge in [0.1, 0.15) is 5.82 Å². The van der Waals surface area contributed by atoms with Crippen LogP contribution >= 0.6 is 11.6 Å². The molecular weight excluding hydrogens is 413 g/mol. The van der Waals surface area contributed by atoms with Crippen LogP contribution in [-0.4, -0.2) is 58.2 Å². The average molecular weight is 434 g/mol. The predicted molar refractivity (Wildman–Crippen MR) is 116 cm³/mol. The van der Waals surface area contributed by atoms with Crippen molar-refractivity contribution in [1.82, 2.24) is 20.4 Å². The molecule has 0 saturated carbocycles. The quantitative estimate of drug-likeness (QED) is 0.377. The Balaban J connectivity index is 2.09. The van der Waals surface area contributed by atoms with E-state index in [-0.39, 0.29) is 16.5 Å². The van der Waals surface area contributed by atoms with Gasteiger partial charge in [-0.3, -0.25) is 14.9 Å². The summed E-state index contributed by atoms with van der Waals surface area (Å²) in [6, 6.07) is -0.421. The Hall–Kier alpha value is -3.24. The molecule has 2 aromatic rings. The fourth-order valence-electron chi connectivity index (χ4n) is 2.88. The zero-order valence-corrected chi connectivity index (χ0v) is 17.1. The van der Waals surface area contributed by atoms with E-state index in [4.69, 9.17) is 11.6 Å². The molecule has 0 saturated heterocycles. The first-order chi connectivity index (χ1) is 14.4. The lowest BCUT2D eigenvalue weighted by atomic mass is 10.0. The Bertz CT molecular complexity index is 1060. The van der Waals surface area contributed by atoms with Gasteiger partial charge in [0.25, 0.3) is 0 Å². The fraction of sp³-hybridized carbons (Fsp3) is 0.263. The van der Waals surface area contributed by atoms with Crippen LogP contribution < -0.4 is 10.6 Å². The number of fused-ring (bicyclic) bond motifs is 1. The third kappa shape index (κ3) is 4.19. The molecule has 4 N–H and O–H groups in total. The van der Waals surface area contributed by atoms with Crippen LogP contribution in [0.3, 0.4) is 0 Å². The minimum Gasteiger partial charge on any atom is -0.391 e. The molecule has 30 heavy (non-hydrogen) atoms. The maximum absolute atomic E-state index is 15.2. The van der Waals surface area contributed by atoms with Crippen molar-refractivity contribution in [3.63, 3.8) is 0 Å². The van der Waals surface area contributed by atoms with Crippen LogP contribution in [0.25, 0.3) is 16.6 Å². The van der Waals surface area contributed by atoms with Crippen molar-refractivity contribution in [2.24, 2.45) is 9.98 Å². The zero-order valence-electron chi connectivity index (χ0n) is 16.4. The van der Waals surface area contributed by atoms with Crippen molar-refractivity contribution in [2.45, 2.75) is 26.0 Å². The predicted octanol–water partition coefficient (Wildman–Crippen LogP) is 2.47. The number of nitrogens with zero attached hydrogens (tertiary/aromatic N) is 4. The SMILES string of the molecule is C=N/C(=C\N1C=C(c2c(Cl)c(F)c(NC(C)C(C)O)c3[nH]ncc23)N=CC1)NC=O. The molecule has 11 heteroatoms. The van der Waals surface area contributed by atoms with E-state index in [0.29, 0.717) is 35.1 Å². The van der Waals surface area contributed by atoms with Gasteiger partial charge in [0.2, 0.25) is 6.41 Å².